The molecule has 32 heavy (non-hydrogen) atoms. The Labute approximate surface area is 188 Å². The molecule has 2 rings (SSSR count). The summed E-state index contributed by atoms with van der Waals surface area (Å²) in [6, 6.07) is 10.3. The number of sulfonamides is 1. The third-order valence-corrected chi connectivity index (χ3v) is 8.51. The highest BCUT2D eigenvalue weighted by molar-refractivity contribution is 7.90. The lowest BCUT2D eigenvalue weighted by molar-refractivity contribution is -0.114. The maximum atomic E-state index is 13.3. The summed E-state index contributed by atoms with van der Waals surface area (Å²) in [5, 5.41) is 2.55. The number of hydrogen-bond donors (Lipinski definition) is 1. The highest BCUT2D eigenvalue weighted by atomic mass is 32.2. The van der Waals surface area contributed by atoms with E-state index < -0.39 is 38.5 Å². The van der Waals surface area contributed by atoms with E-state index in [9.17, 15) is 26.0 Å². The van der Waals surface area contributed by atoms with Crippen LogP contribution >= 0.6 is 0 Å². The molecule has 2 aromatic rings. The van der Waals surface area contributed by atoms with E-state index in [2.05, 4.69) is 5.32 Å². The Kier molecular flexibility index (Phi) is 8.35. The van der Waals surface area contributed by atoms with Gasteiger partial charge in [-0.25, -0.2) is 17.1 Å². The number of benzene rings is 2. The van der Waals surface area contributed by atoms with Crippen molar-refractivity contribution in [2.45, 2.75) is 18.7 Å². The molecule has 2 aromatic carbocycles. The number of amides is 1. The molecule has 176 valence electrons. The second-order valence-electron chi connectivity index (χ2n) is 6.94. The molecule has 12 heteroatoms. The van der Waals surface area contributed by atoms with Gasteiger partial charge in [-0.05, 0) is 48.5 Å². The number of carbonyl (C=O) groups excluding carboxylic acids is 1. The SMILES string of the molecule is CCN(CC)S(=O)(=O)c1ccc(NC(=O)CN(c2ccc(F)cc2)S(=O)(=O)N(C)C)cc1. The molecule has 0 aliphatic carbocycles. The molecule has 1 amide bonds. The van der Waals surface area contributed by atoms with Crippen LogP contribution in [0, 0.1) is 5.82 Å². The summed E-state index contributed by atoms with van der Waals surface area (Å²) in [6.45, 7) is 3.58. The van der Waals surface area contributed by atoms with Gasteiger partial charge in [0.15, 0.2) is 0 Å². The standard InChI is InChI=1S/C20H27FN4O5S2/c1-5-24(6-2)31(27,28)19-13-9-17(10-14-19)22-20(26)15-25(32(29,30)23(3)4)18-11-7-16(21)8-12-18/h7-14H,5-6,15H2,1-4H3,(H,22,26). The van der Waals surface area contributed by atoms with Gasteiger partial charge in [0.05, 0.1) is 10.6 Å². The molecule has 0 saturated carbocycles. The van der Waals surface area contributed by atoms with Gasteiger partial charge in [-0.3, -0.25) is 4.79 Å². The van der Waals surface area contributed by atoms with Crippen molar-refractivity contribution < 1.29 is 26.0 Å². The third kappa shape index (κ3) is 5.82. The summed E-state index contributed by atoms with van der Waals surface area (Å²) >= 11 is 0. The lowest BCUT2D eigenvalue weighted by atomic mass is 10.3. The quantitative estimate of drug-likeness (QED) is 0.554. The minimum Gasteiger partial charge on any atom is -0.325 e. The van der Waals surface area contributed by atoms with E-state index in [1.807, 2.05) is 0 Å². The van der Waals surface area contributed by atoms with Gasteiger partial charge in [-0.1, -0.05) is 13.8 Å². The van der Waals surface area contributed by atoms with Crippen molar-refractivity contribution in [3.63, 3.8) is 0 Å². The van der Waals surface area contributed by atoms with Crippen molar-refractivity contribution in [2.75, 3.05) is 43.4 Å². The average Bonchev–Trinajstić information content (AvgIpc) is 2.73. The molecular formula is C20H27FN4O5S2. The molecule has 0 radical (unpaired) electrons. The molecule has 0 atom stereocenters. The Morgan fingerprint density at radius 3 is 1.91 bits per heavy atom. The molecular weight excluding hydrogens is 459 g/mol. The van der Waals surface area contributed by atoms with Crippen LogP contribution in [0.3, 0.4) is 0 Å². The molecule has 1 N–H and O–H groups in total. The first kappa shape index (κ1) is 25.7. The number of halogens is 1. The van der Waals surface area contributed by atoms with Crippen molar-refractivity contribution >= 4 is 37.5 Å². The van der Waals surface area contributed by atoms with Crippen molar-refractivity contribution in [1.29, 1.82) is 0 Å². The molecule has 0 aromatic heterocycles. The Morgan fingerprint density at radius 1 is 0.906 bits per heavy atom. The van der Waals surface area contributed by atoms with E-state index in [0.29, 0.717) is 18.8 Å². The Balaban J connectivity index is 2.22. The fourth-order valence-corrected chi connectivity index (χ4v) is 5.39. The molecule has 0 heterocycles. The molecule has 0 unspecified atom stereocenters. The zero-order chi connectivity index (χ0) is 24.1. The van der Waals surface area contributed by atoms with Crippen LogP contribution in [0.15, 0.2) is 53.4 Å². The number of anilines is 2. The lowest BCUT2D eigenvalue weighted by Gasteiger charge is -2.27. The number of nitrogens with zero attached hydrogens (tertiary/aromatic N) is 3. The van der Waals surface area contributed by atoms with Crippen LogP contribution in [0.1, 0.15) is 13.8 Å². The van der Waals surface area contributed by atoms with Crippen molar-refractivity contribution in [1.82, 2.24) is 8.61 Å². The molecule has 0 aliphatic rings. The summed E-state index contributed by atoms with van der Waals surface area (Å²) in [6.07, 6.45) is 0. The first-order valence-corrected chi connectivity index (χ1v) is 12.6. The minimum absolute atomic E-state index is 0.0855. The normalized spacial score (nSPS) is 12.2. The zero-order valence-corrected chi connectivity index (χ0v) is 20.0. The Hall–Kier alpha value is -2.54. The fourth-order valence-electron chi connectivity index (χ4n) is 2.86. The summed E-state index contributed by atoms with van der Waals surface area (Å²) in [7, 11) is -5.04. The lowest BCUT2D eigenvalue weighted by Crippen LogP contribution is -2.44. The summed E-state index contributed by atoms with van der Waals surface area (Å²) in [5.74, 6) is -1.20. The van der Waals surface area contributed by atoms with Crippen LogP contribution in [0.2, 0.25) is 0 Å². The van der Waals surface area contributed by atoms with Gasteiger partial charge in [0.2, 0.25) is 15.9 Å². The van der Waals surface area contributed by atoms with Crippen LogP contribution < -0.4 is 9.62 Å². The van der Waals surface area contributed by atoms with Crippen LogP contribution in [0.4, 0.5) is 15.8 Å². The smallest absolute Gasteiger partial charge is 0.304 e. The second kappa shape index (κ2) is 10.4. The molecule has 0 bridgehead atoms. The van der Waals surface area contributed by atoms with Crippen molar-refractivity contribution in [3.05, 3.63) is 54.3 Å². The van der Waals surface area contributed by atoms with Crippen molar-refractivity contribution in [2.24, 2.45) is 0 Å². The monoisotopic (exact) mass is 486 g/mol. The van der Waals surface area contributed by atoms with E-state index in [-0.39, 0.29) is 10.6 Å². The molecule has 0 saturated heterocycles. The highest BCUT2D eigenvalue weighted by Gasteiger charge is 2.27. The number of rotatable bonds is 10. The third-order valence-electron chi connectivity index (χ3n) is 4.62. The van der Waals surface area contributed by atoms with E-state index in [4.69, 9.17) is 0 Å². The van der Waals surface area contributed by atoms with Gasteiger partial charge in [-0.15, -0.1) is 0 Å². The molecule has 9 nitrogen and oxygen atoms in total. The van der Waals surface area contributed by atoms with Gasteiger partial charge >= 0.3 is 10.2 Å². The Bertz CT molecular complexity index is 1130. The van der Waals surface area contributed by atoms with Crippen molar-refractivity contribution in [3.8, 4) is 0 Å². The largest absolute Gasteiger partial charge is 0.325 e. The predicted octanol–water partition coefficient (Wildman–Crippen LogP) is 2.11. The first-order valence-electron chi connectivity index (χ1n) is 9.79. The molecule has 0 aliphatic heterocycles. The van der Waals surface area contributed by atoms with E-state index in [1.165, 1.54) is 54.8 Å². The van der Waals surface area contributed by atoms with E-state index >= 15 is 0 Å². The van der Waals surface area contributed by atoms with Crippen LogP contribution in [-0.2, 0) is 25.0 Å². The predicted molar refractivity (Wildman–Crippen MR) is 122 cm³/mol. The topological polar surface area (TPSA) is 107 Å². The average molecular weight is 487 g/mol. The maximum Gasteiger partial charge on any atom is 0.304 e. The van der Waals surface area contributed by atoms with E-state index in [0.717, 1.165) is 20.7 Å². The second-order valence-corrected chi connectivity index (χ2v) is 10.9. The van der Waals surface area contributed by atoms with Gasteiger partial charge < -0.3 is 5.32 Å². The van der Waals surface area contributed by atoms with Gasteiger partial charge in [-0.2, -0.15) is 17.0 Å². The van der Waals surface area contributed by atoms with Gasteiger partial charge in [0, 0.05) is 32.9 Å². The number of nitrogens with one attached hydrogen (secondary N) is 1. The fraction of sp³-hybridized carbons (Fsp3) is 0.350. The first-order chi connectivity index (χ1) is 14.9. The van der Waals surface area contributed by atoms with E-state index in [1.54, 1.807) is 13.8 Å². The van der Waals surface area contributed by atoms with Crippen LogP contribution in [0.25, 0.3) is 0 Å². The van der Waals surface area contributed by atoms with Crippen LogP contribution in [0.5, 0.6) is 0 Å². The number of hydrogen-bond acceptors (Lipinski definition) is 5. The maximum absolute atomic E-state index is 13.3. The molecule has 0 spiro atoms. The highest BCUT2D eigenvalue weighted by Crippen LogP contribution is 2.21. The Morgan fingerprint density at radius 2 is 1.44 bits per heavy atom. The number of carbonyl (C=O) groups is 1. The summed E-state index contributed by atoms with van der Waals surface area (Å²) in [5.41, 5.74) is 0.422. The van der Waals surface area contributed by atoms with Gasteiger partial charge in [0.1, 0.15) is 12.4 Å². The van der Waals surface area contributed by atoms with Crippen LogP contribution in [-0.4, -0.2) is 65.1 Å². The minimum atomic E-state index is -4.04. The molecule has 0 fully saturated rings. The summed E-state index contributed by atoms with van der Waals surface area (Å²) in [4.78, 5) is 12.7. The summed E-state index contributed by atoms with van der Waals surface area (Å²) < 4.78 is 66.9. The van der Waals surface area contributed by atoms with Gasteiger partial charge in [0.25, 0.3) is 0 Å². The zero-order valence-electron chi connectivity index (χ0n) is 18.3.